The maximum atomic E-state index is 11.1. The van der Waals surface area contributed by atoms with Gasteiger partial charge in [0.25, 0.3) is 10.2 Å². The van der Waals surface area contributed by atoms with Crippen molar-refractivity contribution in [1.29, 1.82) is 0 Å². The van der Waals surface area contributed by atoms with Gasteiger partial charge in [0.05, 0.1) is 12.2 Å². The average molecular weight is 242 g/mol. The summed E-state index contributed by atoms with van der Waals surface area (Å²) in [6, 6.07) is 0. The lowest BCUT2D eigenvalue weighted by Gasteiger charge is -2.12. The summed E-state index contributed by atoms with van der Waals surface area (Å²) < 4.78 is 26.4. The lowest BCUT2D eigenvalue weighted by atomic mass is 10.4. The van der Waals surface area contributed by atoms with E-state index in [-0.39, 0.29) is 26.2 Å². The molecule has 0 spiro atoms. The molecule has 0 rings (SSSR count). The Kier molecular flexibility index (Phi) is 6.92. The van der Waals surface area contributed by atoms with Crippen molar-refractivity contribution in [3.8, 4) is 0 Å². The minimum absolute atomic E-state index is 0.0338. The van der Waals surface area contributed by atoms with E-state index in [2.05, 4.69) is 9.44 Å². The number of aliphatic hydroxyl groups excluding tert-OH is 2. The molecule has 0 amide bonds. The molecule has 0 aromatic heterocycles. The van der Waals surface area contributed by atoms with E-state index in [1.807, 2.05) is 0 Å². The molecule has 2 atom stereocenters. The topological polar surface area (TPSA) is 151 Å². The number of nitrogens with two attached hydrogens (primary N) is 2. The highest BCUT2D eigenvalue weighted by Gasteiger charge is 2.12. The van der Waals surface area contributed by atoms with Crippen molar-refractivity contribution >= 4 is 10.2 Å². The summed E-state index contributed by atoms with van der Waals surface area (Å²) >= 11 is 0. The Labute approximate surface area is 88.8 Å². The summed E-state index contributed by atoms with van der Waals surface area (Å²) in [6.07, 6.45) is -1.86. The molecule has 0 heterocycles. The molecule has 92 valence electrons. The Morgan fingerprint density at radius 2 is 1.33 bits per heavy atom. The van der Waals surface area contributed by atoms with Gasteiger partial charge in [0, 0.05) is 26.2 Å². The molecule has 0 saturated heterocycles. The van der Waals surface area contributed by atoms with Gasteiger partial charge in [0.15, 0.2) is 0 Å². The van der Waals surface area contributed by atoms with Crippen molar-refractivity contribution in [3.63, 3.8) is 0 Å². The number of rotatable bonds is 8. The summed E-state index contributed by atoms with van der Waals surface area (Å²) in [6.45, 7) is -0.420. The third-order valence-corrected chi connectivity index (χ3v) is 2.66. The first-order valence-electron chi connectivity index (χ1n) is 4.41. The maximum absolute atomic E-state index is 11.1. The van der Waals surface area contributed by atoms with Crippen molar-refractivity contribution in [1.82, 2.24) is 9.44 Å². The highest BCUT2D eigenvalue weighted by atomic mass is 32.2. The molecular formula is C6H18N4O4S. The van der Waals surface area contributed by atoms with E-state index < -0.39 is 22.4 Å². The van der Waals surface area contributed by atoms with Gasteiger partial charge in [-0.15, -0.1) is 0 Å². The van der Waals surface area contributed by atoms with Gasteiger partial charge in [-0.25, -0.2) is 0 Å². The van der Waals surface area contributed by atoms with Crippen LogP contribution in [0.25, 0.3) is 0 Å². The zero-order chi connectivity index (χ0) is 11.9. The SMILES string of the molecule is NCC(O)CNS(=O)(=O)NCC(O)CN. The minimum atomic E-state index is -3.72. The Bertz CT molecular complexity index is 238. The van der Waals surface area contributed by atoms with E-state index in [9.17, 15) is 8.42 Å². The van der Waals surface area contributed by atoms with Crippen LogP contribution in [0.5, 0.6) is 0 Å². The summed E-state index contributed by atoms with van der Waals surface area (Å²) in [5, 5.41) is 18.0. The van der Waals surface area contributed by atoms with Gasteiger partial charge >= 0.3 is 0 Å². The standard InChI is InChI=1S/C6H18N4O4S/c7-1-5(11)3-9-15(13,14)10-4-6(12)2-8/h5-6,9-12H,1-4,7-8H2. The van der Waals surface area contributed by atoms with Crippen molar-refractivity contribution in [2.24, 2.45) is 11.5 Å². The van der Waals surface area contributed by atoms with Crippen LogP contribution in [0.15, 0.2) is 0 Å². The lowest BCUT2D eigenvalue weighted by molar-refractivity contribution is 0.183. The van der Waals surface area contributed by atoms with E-state index in [0.717, 1.165) is 0 Å². The quantitative estimate of drug-likeness (QED) is 0.256. The van der Waals surface area contributed by atoms with Crippen LogP contribution in [0, 0.1) is 0 Å². The van der Waals surface area contributed by atoms with Crippen LogP contribution in [0.1, 0.15) is 0 Å². The Morgan fingerprint density at radius 3 is 1.60 bits per heavy atom. The highest BCUT2D eigenvalue weighted by Crippen LogP contribution is 1.82. The summed E-state index contributed by atoms with van der Waals surface area (Å²) in [5.41, 5.74) is 10.2. The van der Waals surface area contributed by atoms with E-state index >= 15 is 0 Å². The summed E-state index contributed by atoms with van der Waals surface area (Å²) in [5.74, 6) is 0. The zero-order valence-corrected chi connectivity index (χ0v) is 9.07. The van der Waals surface area contributed by atoms with Crippen LogP contribution in [0.2, 0.25) is 0 Å². The average Bonchev–Trinajstić information content (AvgIpc) is 2.22. The summed E-state index contributed by atoms with van der Waals surface area (Å²) in [4.78, 5) is 0. The molecule has 0 radical (unpaired) electrons. The zero-order valence-electron chi connectivity index (χ0n) is 8.26. The monoisotopic (exact) mass is 242 g/mol. The second-order valence-corrected chi connectivity index (χ2v) is 4.56. The largest absolute Gasteiger partial charge is 0.390 e. The molecule has 9 heteroatoms. The smallest absolute Gasteiger partial charge is 0.277 e. The molecule has 0 aliphatic carbocycles. The number of hydrogen-bond acceptors (Lipinski definition) is 6. The molecule has 8 nitrogen and oxygen atoms in total. The van der Waals surface area contributed by atoms with Crippen molar-refractivity contribution < 1.29 is 18.6 Å². The number of hydrogen-bond donors (Lipinski definition) is 6. The van der Waals surface area contributed by atoms with Crippen molar-refractivity contribution in [2.45, 2.75) is 12.2 Å². The van der Waals surface area contributed by atoms with Crippen LogP contribution in [0.4, 0.5) is 0 Å². The van der Waals surface area contributed by atoms with Crippen LogP contribution < -0.4 is 20.9 Å². The Morgan fingerprint density at radius 1 is 1.00 bits per heavy atom. The fourth-order valence-electron chi connectivity index (χ4n) is 0.630. The second-order valence-electron chi connectivity index (χ2n) is 2.98. The minimum Gasteiger partial charge on any atom is -0.390 e. The number of aliphatic hydroxyl groups is 2. The molecular weight excluding hydrogens is 224 g/mol. The third-order valence-electron chi connectivity index (χ3n) is 1.56. The van der Waals surface area contributed by atoms with Gasteiger partial charge in [-0.3, -0.25) is 0 Å². The van der Waals surface area contributed by atoms with Gasteiger partial charge in [0.2, 0.25) is 0 Å². The van der Waals surface area contributed by atoms with E-state index in [0.29, 0.717) is 0 Å². The van der Waals surface area contributed by atoms with Gasteiger partial charge in [-0.05, 0) is 0 Å². The van der Waals surface area contributed by atoms with Gasteiger partial charge in [0.1, 0.15) is 0 Å². The normalized spacial score (nSPS) is 16.3. The van der Waals surface area contributed by atoms with Crippen LogP contribution in [-0.2, 0) is 10.2 Å². The van der Waals surface area contributed by atoms with Crippen LogP contribution >= 0.6 is 0 Å². The van der Waals surface area contributed by atoms with E-state index in [1.54, 1.807) is 0 Å². The Hall–Kier alpha value is -0.290. The molecule has 0 bridgehead atoms. The van der Waals surface area contributed by atoms with Crippen molar-refractivity contribution in [2.75, 3.05) is 26.2 Å². The molecule has 0 aromatic rings. The van der Waals surface area contributed by atoms with Crippen molar-refractivity contribution in [3.05, 3.63) is 0 Å². The molecule has 0 aliphatic heterocycles. The molecule has 0 fully saturated rings. The predicted octanol–water partition coefficient (Wildman–Crippen LogP) is -3.95. The lowest BCUT2D eigenvalue weighted by Crippen LogP contribution is -2.45. The van der Waals surface area contributed by atoms with Gasteiger partial charge in [-0.2, -0.15) is 17.9 Å². The molecule has 8 N–H and O–H groups in total. The first-order valence-corrected chi connectivity index (χ1v) is 5.90. The maximum Gasteiger partial charge on any atom is 0.277 e. The molecule has 0 aromatic carbocycles. The van der Waals surface area contributed by atoms with Gasteiger partial charge < -0.3 is 21.7 Å². The van der Waals surface area contributed by atoms with Gasteiger partial charge in [-0.1, -0.05) is 0 Å². The predicted molar refractivity (Wildman–Crippen MR) is 55.0 cm³/mol. The molecule has 2 unspecified atom stereocenters. The Balaban J connectivity index is 3.87. The van der Waals surface area contributed by atoms with E-state index in [1.165, 1.54) is 0 Å². The fraction of sp³-hybridized carbons (Fsp3) is 1.00. The second kappa shape index (κ2) is 7.06. The first kappa shape index (κ1) is 14.7. The third kappa shape index (κ3) is 7.62. The first-order chi connectivity index (χ1) is 6.91. The highest BCUT2D eigenvalue weighted by molar-refractivity contribution is 7.87. The number of nitrogens with one attached hydrogen (secondary N) is 2. The fourth-order valence-corrected chi connectivity index (χ4v) is 1.56. The van der Waals surface area contributed by atoms with E-state index in [4.69, 9.17) is 21.7 Å². The van der Waals surface area contributed by atoms with Crippen LogP contribution in [-0.4, -0.2) is 57.0 Å². The van der Waals surface area contributed by atoms with Crippen LogP contribution in [0.3, 0.4) is 0 Å². The summed E-state index contributed by atoms with van der Waals surface area (Å²) in [7, 11) is -3.72. The molecule has 0 saturated carbocycles. The molecule has 0 aliphatic rings. The molecule has 15 heavy (non-hydrogen) atoms.